The maximum Gasteiger partial charge on any atom is 0.232 e. The van der Waals surface area contributed by atoms with Crippen LogP contribution < -0.4 is 10.6 Å². The van der Waals surface area contributed by atoms with E-state index in [-0.39, 0.29) is 36.2 Å². The maximum absolute atomic E-state index is 11.8. The smallest absolute Gasteiger partial charge is 0.232 e. The summed E-state index contributed by atoms with van der Waals surface area (Å²) >= 11 is 0. The van der Waals surface area contributed by atoms with Gasteiger partial charge in [0.1, 0.15) is 5.78 Å². The molecule has 0 unspecified atom stereocenters. The Morgan fingerprint density at radius 2 is 0.971 bits per heavy atom. The van der Waals surface area contributed by atoms with Gasteiger partial charge in [0, 0.05) is 22.4 Å². The fraction of sp³-hybridized carbons (Fsp3) is 0.214. The van der Waals surface area contributed by atoms with Crippen LogP contribution in [0.25, 0.3) is 0 Å². The molecule has 0 saturated heterocycles. The van der Waals surface area contributed by atoms with Crippen molar-refractivity contribution in [2.24, 2.45) is 5.41 Å². The molecule has 0 atom stereocenters. The lowest BCUT2D eigenvalue weighted by Gasteiger charge is -2.15. The van der Waals surface area contributed by atoms with Gasteiger partial charge in [-0.25, -0.2) is 0 Å². The van der Waals surface area contributed by atoms with E-state index in [2.05, 4.69) is 10.6 Å². The van der Waals surface area contributed by atoms with Crippen LogP contribution in [0.1, 0.15) is 44.0 Å². The van der Waals surface area contributed by atoms with E-state index in [0.29, 0.717) is 16.9 Å². The van der Waals surface area contributed by atoms with Gasteiger partial charge in [-0.3, -0.25) is 19.2 Å². The minimum absolute atomic E-state index is 0.0547. The van der Waals surface area contributed by atoms with Gasteiger partial charge in [0.15, 0.2) is 5.78 Å². The highest BCUT2D eigenvalue weighted by Crippen LogP contribution is 2.17. The van der Waals surface area contributed by atoms with Gasteiger partial charge in [-0.05, 0) is 24.3 Å². The summed E-state index contributed by atoms with van der Waals surface area (Å²) in [6.45, 7) is 5.43. The number of anilines is 2. The third kappa shape index (κ3) is 9.61. The number of Topliss-reactive ketones (excluding diaryl/α,β-unsaturated/α-hetero) is 2. The number of rotatable bonds is 7. The lowest BCUT2D eigenvalue weighted by atomic mass is 9.89. The predicted molar refractivity (Wildman–Crippen MR) is 135 cm³/mol. The topological polar surface area (TPSA) is 92.3 Å². The SMILES string of the molecule is CC(C)(C)C(=O)CC(=O)Nc1ccccc1.O=C(CC(=O)c1ccccc1)Nc1ccccc1. The first-order chi connectivity index (χ1) is 16.1. The molecule has 3 aromatic carbocycles. The molecule has 0 aliphatic carbocycles. The molecule has 6 nitrogen and oxygen atoms in total. The van der Waals surface area contributed by atoms with Crippen LogP contribution >= 0.6 is 0 Å². The number of carbonyl (C=O) groups is 4. The van der Waals surface area contributed by atoms with Gasteiger partial charge < -0.3 is 10.6 Å². The van der Waals surface area contributed by atoms with Crippen LogP contribution in [0.15, 0.2) is 91.0 Å². The van der Waals surface area contributed by atoms with Crippen molar-refractivity contribution in [1.29, 1.82) is 0 Å². The Balaban J connectivity index is 0.000000242. The van der Waals surface area contributed by atoms with E-state index >= 15 is 0 Å². The molecule has 2 amide bonds. The summed E-state index contributed by atoms with van der Waals surface area (Å²) in [5.41, 5.74) is 1.51. The Hall–Kier alpha value is -4.06. The molecular formula is C28H30N2O4. The van der Waals surface area contributed by atoms with Gasteiger partial charge in [-0.15, -0.1) is 0 Å². The highest BCUT2D eigenvalue weighted by molar-refractivity contribution is 6.11. The zero-order chi connectivity index (χ0) is 25.0. The fourth-order valence-electron chi connectivity index (χ4n) is 2.74. The Labute approximate surface area is 200 Å². The Morgan fingerprint density at radius 1 is 0.588 bits per heavy atom. The molecule has 0 spiro atoms. The second-order valence-electron chi connectivity index (χ2n) is 8.64. The summed E-state index contributed by atoms with van der Waals surface area (Å²) in [5, 5.41) is 5.37. The number of amides is 2. The number of carbonyl (C=O) groups excluding carboxylic acids is 4. The van der Waals surface area contributed by atoms with Crippen molar-refractivity contribution in [3.63, 3.8) is 0 Å². The molecule has 0 bridgehead atoms. The number of para-hydroxylation sites is 2. The van der Waals surface area contributed by atoms with Gasteiger partial charge in [0.05, 0.1) is 12.8 Å². The summed E-state index contributed by atoms with van der Waals surface area (Å²) in [6.07, 6.45) is -0.211. The third-order valence-corrected chi connectivity index (χ3v) is 4.69. The zero-order valence-corrected chi connectivity index (χ0v) is 19.7. The maximum atomic E-state index is 11.8. The number of benzene rings is 3. The quantitative estimate of drug-likeness (QED) is 0.360. The summed E-state index contributed by atoms with van der Waals surface area (Å²) in [4.78, 5) is 46.6. The van der Waals surface area contributed by atoms with Gasteiger partial charge in [-0.2, -0.15) is 0 Å². The molecule has 3 rings (SSSR count). The Bertz CT molecular complexity index is 1090. The van der Waals surface area contributed by atoms with Gasteiger partial charge in [0.2, 0.25) is 11.8 Å². The van der Waals surface area contributed by atoms with E-state index in [1.807, 2.05) is 63.2 Å². The van der Waals surface area contributed by atoms with Crippen molar-refractivity contribution >= 4 is 34.8 Å². The lowest BCUT2D eigenvalue weighted by molar-refractivity contribution is -0.130. The summed E-state index contributed by atoms with van der Waals surface area (Å²) in [5.74, 6) is -0.786. The zero-order valence-electron chi connectivity index (χ0n) is 19.7. The molecule has 0 aliphatic rings. The van der Waals surface area contributed by atoms with E-state index in [1.54, 1.807) is 48.5 Å². The molecule has 6 heteroatoms. The molecule has 3 aromatic rings. The molecule has 2 N–H and O–H groups in total. The minimum Gasteiger partial charge on any atom is -0.326 e. The average Bonchev–Trinajstić information content (AvgIpc) is 2.80. The van der Waals surface area contributed by atoms with Crippen molar-refractivity contribution < 1.29 is 19.2 Å². The van der Waals surface area contributed by atoms with E-state index in [1.165, 1.54) is 0 Å². The normalized spacial score (nSPS) is 10.3. The number of nitrogens with one attached hydrogen (secondary N) is 2. The van der Waals surface area contributed by atoms with Crippen molar-refractivity contribution in [1.82, 2.24) is 0 Å². The largest absolute Gasteiger partial charge is 0.326 e. The van der Waals surface area contributed by atoms with Crippen LogP contribution in [0.2, 0.25) is 0 Å². The molecule has 0 radical (unpaired) electrons. The first kappa shape index (κ1) is 26.2. The standard InChI is InChI=1S/C15H13NO2.C13H17NO2/c17-14(12-7-3-1-4-8-12)11-15(18)16-13-9-5-2-6-10-13;1-13(2,3)11(15)9-12(16)14-10-7-5-4-6-8-10/h1-10H,11H2,(H,16,18);4-8H,9H2,1-3H3,(H,14,16). The van der Waals surface area contributed by atoms with E-state index in [4.69, 9.17) is 0 Å². The number of hydrogen-bond donors (Lipinski definition) is 2. The van der Waals surface area contributed by atoms with Crippen LogP contribution in [0.4, 0.5) is 11.4 Å². The van der Waals surface area contributed by atoms with E-state index in [9.17, 15) is 19.2 Å². The van der Waals surface area contributed by atoms with Crippen LogP contribution in [0.3, 0.4) is 0 Å². The van der Waals surface area contributed by atoms with E-state index < -0.39 is 5.41 Å². The van der Waals surface area contributed by atoms with Gasteiger partial charge in [-0.1, -0.05) is 87.5 Å². The van der Waals surface area contributed by atoms with Gasteiger partial charge >= 0.3 is 0 Å². The van der Waals surface area contributed by atoms with Crippen molar-refractivity contribution in [2.45, 2.75) is 33.6 Å². The van der Waals surface area contributed by atoms with Crippen LogP contribution in [-0.2, 0) is 14.4 Å². The van der Waals surface area contributed by atoms with E-state index in [0.717, 1.165) is 0 Å². The molecule has 0 aromatic heterocycles. The molecule has 0 aliphatic heterocycles. The summed E-state index contributed by atoms with van der Waals surface area (Å²) in [7, 11) is 0. The molecule has 0 heterocycles. The second-order valence-corrected chi connectivity index (χ2v) is 8.64. The average molecular weight is 459 g/mol. The van der Waals surface area contributed by atoms with Crippen LogP contribution in [-0.4, -0.2) is 23.4 Å². The predicted octanol–water partition coefficient (Wildman–Crippen LogP) is 5.53. The third-order valence-electron chi connectivity index (χ3n) is 4.69. The van der Waals surface area contributed by atoms with Crippen molar-refractivity contribution in [3.8, 4) is 0 Å². The number of hydrogen-bond acceptors (Lipinski definition) is 4. The van der Waals surface area contributed by atoms with Crippen LogP contribution in [0.5, 0.6) is 0 Å². The molecule has 0 fully saturated rings. The lowest BCUT2D eigenvalue weighted by Crippen LogP contribution is -2.25. The molecule has 34 heavy (non-hydrogen) atoms. The molecular weight excluding hydrogens is 428 g/mol. The fourth-order valence-corrected chi connectivity index (χ4v) is 2.74. The van der Waals surface area contributed by atoms with Crippen molar-refractivity contribution in [2.75, 3.05) is 10.6 Å². The Morgan fingerprint density at radius 3 is 1.38 bits per heavy atom. The second kappa shape index (κ2) is 12.8. The van der Waals surface area contributed by atoms with Crippen molar-refractivity contribution in [3.05, 3.63) is 96.6 Å². The molecule has 0 saturated carbocycles. The van der Waals surface area contributed by atoms with Gasteiger partial charge in [0.25, 0.3) is 0 Å². The first-order valence-corrected chi connectivity index (χ1v) is 11.0. The Kier molecular flexibility index (Phi) is 9.90. The monoisotopic (exact) mass is 458 g/mol. The summed E-state index contributed by atoms with van der Waals surface area (Å²) in [6, 6.07) is 27.0. The minimum atomic E-state index is -0.464. The highest BCUT2D eigenvalue weighted by atomic mass is 16.2. The number of ketones is 2. The van der Waals surface area contributed by atoms with Crippen LogP contribution in [0, 0.1) is 5.41 Å². The highest BCUT2D eigenvalue weighted by Gasteiger charge is 2.23. The first-order valence-electron chi connectivity index (χ1n) is 11.0. The molecule has 176 valence electrons. The summed E-state index contributed by atoms with van der Waals surface area (Å²) < 4.78 is 0.